The standard InChI is InChI=1S/C27H26FN5O2/c1-16-9-10-23(24(28)13-16)22-8-6-5-7-21(22)18(3)19(4)33-12-11-20(14-17(33)2)26(34)29-15-25-30-27(35)32-31-25/h5-14H,2,15H2,1,3-4H3,(H,29,34)(H2,30,31,32,35)/b19-18+. The van der Waals surface area contributed by atoms with E-state index in [4.69, 9.17) is 0 Å². The Labute approximate surface area is 202 Å². The molecule has 0 spiro atoms. The molecule has 0 saturated heterocycles. The van der Waals surface area contributed by atoms with Crippen molar-refractivity contribution in [2.24, 2.45) is 0 Å². The van der Waals surface area contributed by atoms with Gasteiger partial charge in [0.15, 0.2) is 0 Å². The van der Waals surface area contributed by atoms with Gasteiger partial charge in [0, 0.05) is 28.7 Å². The smallest absolute Gasteiger partial charge is 0.340 e. The van der Waals surface area contributed by atoms with Crippen LogP contribution in [0.25, 0.3) is 16.7 Å². The maximum Gasteiger partial charge on any atom is 0.340 e. The molecule has 7 nitrogen and oxygen atoms in total. The molecule has 3 N–H and O–H groups in total. The molecule has 4 rings (SSSR count). The highest BCUT2D eigenvalue weighted by Crippen LogP contribution is 2.34. The second-order valence-electron chi connectivity index (χ2n) is 8.32. The summed E-state index contributed by atoms with van der Waals surface area (Å²) >= 11 is 0. The normalized spacial score (nSPS) is 14.0. The second kappa shape index (κ2) is 9.80. The molecule has 0 atom stereocenters. The van der Waals surface area contributed by atoms with Crippen LogP contribution in [-0.4, -0.2) is 26.0 Å². The minimum atomic E-state index is -0.431. The summed E-state index contributed by atoms with van der Waals surface area (Å²) in [4.78, 5) is 28.0. The first-order valence-electron chi connectivity index (χ1n) is 11.1. The third-order valence-corrected chi connectivity index (χ3v) is 5.91. The van der Waals surface area contributed by atoms with Gasteiger partial charge in [-0.05, 0) is 61.3 Å². The van der Waals surface area contributed by atoms with E-state index >= 15 is 0 Å². The summed E-state index contributed by atoms with van der Waals surface area (Å²) in [6.45, 7) is 10.0. The first kappa shape index (κ1) is 23.7. The number of carbonyl (C=O) groups excluding carboxylic acids is 1. The highest BCUT2D eigenvalue weighted by Gasteiger charge is 2.19. The molecular weight excluding hydrogens is 445 g/mol. The van der Waals surface area contributed by atoms with Crippen LogP contribution in [0.1, 0.15) is 30.8 Å². The second-order valence-corrected chi connectivity index (χ2v) is 8.32. The van der Waals surface area contributed by atoms with Crippen LogP contribution in [0.3, 0.4) is 0 Å². The fourth-order valence-corrected chi connectivity index (χ4v) is 3.93. The van der Waals surface area contributed by atoms with E-state index in [1.807, 2.05) is 56.0 Å². The Morgan fingerprint density at radius 1 is 1.17 bits per heavy atom. The van der Waals surface area contributed by atoms with Gasteiger partial charge < -0.3 is 10.2 Å². The summed E-state index contributed by atoms with van der Waals surface area (Å²) in [5, 5.41) is 8.73. The number of hydrogen-bond donors (Lipinski definition) is 3. The average Bonchev–Trinajstić information content (AvgIpc) is 3.26. The lowest BCUT2D eigenvalue weighted by atomic mass is 9.93. The van der Waals surface area contributed by atoms with Gasteiger partial charge in [-0.3, -0.25) is 9.78 Å². The van der Waals surface area contributed by atoms with Crippen LogP contribution < -0.4 is 11.0 Å². The van der Waals surface area contributed by atoms with Gasteiger partial charge in [-0.1, -0.05) is 43.0 Å². The Morgan fingerprint density at radius 2 is 1.94 bits per heavy atom. The van der Waals surface area contributed by atoms with E-state index < -0.39 is 5.69 Å². The molecule has 2 heterocycles. The highest BCUT2D eigenvalue weighted by molar-refractivity contribution is 5.97. The number of aromatic amines is 2. The summed E-state index contributed by atoms with van der Waals surface area (Å²) in [6.07, 6.45) is 5.16. The average molecular weight is 472 g/mol. The molecule has 2 aromatic carbocycles. The van der Waals surface area contributed by atoms with Crippen LogP contribution in [-0.2, 0) is 11.3 Å². The number of nitrogens with zero attached hydrogens (tertiary/aromatic N) is 2. The number of aromatic nitrogens is 3. The van der Waals surface area contributed by atoms with Crippen molar-refractivity contribution in [3.63, 3.8) is 0 Å². The Balaban J connectivity index is 1.56. The first-order chi connectivity index (χ1) is 16.7. The minimum Gasteiger partial charge on any atom is -0.345 e. The summed E-state index contributed by atoms with van der Waals surface area (Å²) in [7, 11) is 0. The molecule has 0 fully saturated rings. The molecule has 0 saturated carbocycles. The summed E-state index contributed by atoms with van der Waals surface area (Å²) < 4.78 is 14.8. The maximum absolute atomic E-state index is 14.8. The topological polar surface area (TPSA) is 93.9 Å². The molecule has 1 aliphatic heterocycles. The number of aryl methyl sites for hydroxylation is 1. The van der Waals surface area contributed by atoms with Crippen molar-refractivity contribution in [1.82, 2.24) is 25.4 Å². The van der Waals surface area contributed by atoms with E-state index in [1.165, 1.54) is 6.07 Å². The summed E-state index contributed by atoms with van der Waals surface area (Å²) in [5.74, 6) is -0.241. The lowest BCUT2D eigenvalue weighted by molar-refractivity contribution is -0.117. The van der Waals surface area contributed by atoms with E-state index in [2.05, 4.69) is 27.1 Å². The maximum atomic E-state index is 14.8. The summed E-state index contributed by atoms with van der Waals surface area (Å²) in [5.41, 5.74) is 5.59. The number of halogens is 1. The molecule has 1 aromatic heterocycles. The predicted molar refractivity (Wildman–Crippen MR) is 134 cm³/mol. The van der Waals surface area contributed by atoms with Gasteiger partial charge in [0.05, 0.1) is 6.54 Å². The molecule has 0 radical (unpaired) electrons. The number of benzene rings is 2. The van der Waals surface area contributed by atoms with E-state index in [0.29, 0.717) is 22.7 Å². The number of amides is 1. The minimum absolute atomic E-state index is 0.0866. The van der Waals surface area contributed by atoms with Gasteiger partial charge in [-0.15, -0.1) is 0 Å². The van der Waals surface area contributed by atoms with Crippen LogP contribution in [0.4, 0.5) is 4.39 Å². The van der Waals surface area contributed by atoms with Crippen molar-refractivity contribution >= 4 is 11.5 Å². The zero-order chi connectivity index (χ0) is 25.1. The first-order valence-corrected chi connectivity index (χ1v) is 11.1. The van der Waals surface area contributed by atoms with Crippen molar-refractivity contribution in [1.29, 1.82) is 0 Å². The molecule has 1 aliphatic rings. The quantitative estimate of drug-likeness (QED) is 0.492. The van der Waals surface area contributed by atoms with Gasteiger partial charge in [0.25, 0.3) is 5.91 Å². The van der Waals surface area contributed by atoms with Crippen LogP contribution in [0, 0.1) is 12.7 Å². The Kier molecular flexibility index (Phi) is 6.64. The SMILES string of the molecule is C=C1C=C(C(=O)NCc2n[nH]c(=O)[nH]2)C=CN1/C(C)=C(\C)c1ccccc1-c1ccc(C)cc1F. The molecular formula is C27H26FN5O2. The molecule has 0 unspecified atom stereocenters. The third kappa shape index (κ3) is 5.06. The fraction of sp³-hybridized carbons (Fsp3) is 0.148. The molecule has 3 aromatic rings. The zero-order valence-corrected chi connectivity index (χ0v) is 19.8. The molecule has 0 bridgehead atoms. The largest absolute Gasteiger partial charge is 0.345 e. The number of nitrogens with one attached hydrogen (secondary N) is 3. The molecule has 8 heteroatoms. The number of hydrogen-bond acceptors (Lipinski definition) is 4. The van der Waals surface area contributed by atoms with Crippen molar-refractivity contribution < 1.29 is 9.18 Å². The molecule has 35 heavy (non-hydrogen) atoms. The number of H-pyrrole nitrogens is 2. The zero-order valence-electron chi connectivity index (χ0n) is 19.8. The van der Waals surface area contributed by atoms with Crippen LogP contribution in [0.2, 0.25) is 0 Å². The summed E-state index contributed by atoms with van der Waals surface area (Å²) in [6, 6.07) is 12.9. The molecule has 178 valence electrons. The van der Waals surface area contributed by atoms with Crippen LogP contribution in [0.15, 0.2) is 89.2 Å². The Bertz CT molecular complexity index is 1460. The Hall–Kier alpha value is -4.46. The van der Waals surface area contributed by atoms with Gasteiger partial charge in [-0.2, -0.15) is 5.10 Å². The lowest BCUT2D eigenvalue weighted by Gasteiger charge is -2.27. The highest BCUT2D eigenvalue weighted by atomic mass is 19.1. The van der Waals surface area contributed by atoms with Gasteiger partial charge >= 0.3 is 5.69 Å². The van der Waals surface area contributed by atoms with E-state index in [0.717, 1.165) is 28.0 Å². The van der Waals surface area contributed by atoms with Gasteiger partial charge in [0.2, 0.25) is 0 Å². The number of allylic oxidation sites excluding steroid dienone is 3. The van der Waals surface area contributed by atoms with E-state index in [9.17, 15) is 14.0 Å². The van der Waals surface area contributed by atoms with Crippen molar-refractivity contribution in [3.05, 3.63) is 118 Å². The Morgan fingerprint density at radius 3 is 2.63 bits per heavy atom. The van der Waals surface area contributed by atoms with E-state index in [1.54, 1.807) is 24.4 Å². The third-order valence-electron chi connectivity index (χ3n) is 5.91. The predicted octanol–water partition coefficient (Wildman–Crippen LogP) is 4.55. The van der Waals surface area contributed by atoms with E-state index in [-0.39, 0.29) is 18.3 Å². The monoisotopic (exact) mass is 471 g/mol. The molecule has 0 aliphatic carbocycles. The van der Waals surface area contributed by atoms with Gasteiger partial charge in [-0.25, -0.2) is 14.3 Å². The number of carbonyl (C=O) groups is 1. The van der Waals surface area contributed by atoms with Crippen molar-refractivity contribution in [2.45, 2.75) is 27.3 Å². The van der Waals surface area contributed by atoms with Crippen LogP contribution in [0.5, 0.6) is 0 Å². The van der Waals surface area contributed by atoms with Crippen molar-refractivity contribution in [2.75, 3.05) is 0 Å². The van der Waals surface area contributed by atoms with Gasteiger partial charge in [0.1, 0.15) is 11.6 Å². The van der Waals surface area contributed by atoms with Crippen molar-refractivity contribution in [3.8, 4) is 11.1 Å². The lowest BCUT2D eigenvalue weighted by Crippen LogP contribution is -2.27. The number of rotatable bonds is 6. The fourth-order valence-electron chi connectivity index (χ4n) is 3.93. The molecule has 1 amide bonds. The van der Waals surface area contributed by atoms with Crippen LogP contribution >= 0.6 is 0 Å².